The van der Waals surface area contributed by atoms with E-state index in [1.807, 2.05) is 0 Å². The number of fused-ring (bicyclic) bond motifs is 1. The van der Waals surface area contributed by atoms with Crippen LogP contribution in [0.15, 0.2) is 40.8 Å². The van der Waals surface area contributed by atoms with Crippen LogP contribution in [0.2, 0.25) is 10.0 Å². The molecule has 6 nitrogen and oxygen atoms in total. The molecule has 0 saturated heterocycles. The van der Waals surface area contributed by atoms with Crippen molar-refractivity contribution in [2.75, 3.05) is 0 Å². The quantitative estimate of drug-likeness (QED) is 0.399. The van der Waals surface area contributed by atoms with Crippen LogP contribution in [0.4, 0.5) is 0 Å². The molecule has 1 heterocycles. The zero-order valence-electron chi connectivity index (χ0n) is 15.4. The van der Waals surface area contributed by atoms with Crippen LogP contribution in [0, 0.1) is 5.92 Å². The molecule has 28 heavy (non-hydrogen) atoms. The number of rotatable bonds is 5. The third-order valence-corrected chi connectivity index (χ3v) is 4.20. The van der Waals surface area contributed by atoms with Gasteiger partial charge < -0.3 is 13.9 Å². The summed E-state index contributed by atoms with van der Waals surface area (Å²) in [7, 11) is 0. The average molecular weight is 422 g/mol. The van der Waals surface area contributed by atoms with Crippen LogP contribution in [-0.2, 0) is 14.3 Å². The Morgan fingerprint density at radius 1 is 1.00 bits per heavy atom. The Labute approximate surface area is 171 Å². The number of benzene rings is 2. The van der Waals surface area contributed by atoms with E-state index in [-0.39, 0.29) is 11.5 Å². The van der Waals surface area contributed by atoms with Crippen LogP contribution >= 0.6 is 23.2 Å². The maximum Gasteiger partial charge on any atom is 0.341 e. The smallest absolute Gasteiger partial charge is 0.341 e. The standard InChI is InChI=1S/C20H17Cl2NO5/c1-10(2)19(24)26-11(3)27-20(25)12-4-5-16-17(8-12)28-18(23-16)13-6-14(21)9-15(22)7-13/h4-11H,1-3H3. The summed E-state index contributed by atoms with van der Waals surface area (Å²) in [5.74, 6) is -1.08. The van der Waals surface area contributed by atoms with E-state index in [4.69, 9.17) is 37.1 Å². The highest BCUT2D eigenvalue weighted by Crippen LogP contribution is 2.29. The Balaban J connectivity index is 1.80. The molecule has 0 radical (unpaired) electrons. The number of carbonyl (C=O) groups is 2. The molecule has 0 aliphatic rings. The lowest BCUT2D eigenvalue weighted by atomic mass is 10.2. The molecule has 0 fully saturated rings. The number of hydrogen-bond acceptors (Lipinski definition) is 6. The predicted octanol–water partition coefficient (Wildman–Crippen LogP) is 5.50. The second-order valence-corrected chi connectivity index (χ2v) is 7.30. The summed E-state index contributed by atoms with van der Waals surface area (Å²) < 4.78 is 15.9. The number of ether oxygens (including phenoxy) is 2. The summed E-state index contributed by atoms with van der Waals surface area (Å²) in [6.45, 7) is 4.87. The molecule has 1 atom stereocenters. The highest BCUT2D eigenvalue weighted by atomic mass is 35.5. The fraction of sp³-hybridized carbons (Fsp3) is 0.250. The maximum atomic E-state index is 12.3. The highest BCUT2D eigenvalue weighted by Gasteiger charge is 2.19. The summed E-state index contributed by atoms with van der Waals surface area (Å²) in [4.78, 5) is 28.3. The van der Waals surface area contributed by atoms with Gasteiger partial charge in [0.15, 0.2) is 5.58 Å². The summed E-state index contributed by atoms with van der Waals surface area (Å²) in [6, 6.07) is 9.67. The molecule has 0 aliphatic heterocycles. The van der Waals surface area contributed by atoms with Gasteiger partial charge in [-0.3, -0.25) is 4.79 Å². The number of oxazole rings is 1. The van der Waals surface area contributed by atoms with Gasteiger partial charge in [0, 0.05) is 22.5 Å². The second-order valence-electron chi connectivity index (χ2n) is 6.42. The number of carbonyl (C=O) groups excluding carboxylic acids is 2. The van der Waals surface area contributed by atoms with Crippen molar-refractivity contribution in [2.45, 2.75) is 27.1 Å². The van der Waals surface area contributed by atoms with Gasteiger partial charge in [0.25, 0.3) is 0 Å². The van der Waals surface area contributed by atoms with Crippen molar-refractivity contribution in [2.24, 2.45) is 5.92 Å². The number of hydrogen-bond donors (Lipinski definition) is 0. The van der Waals surface area contributed by atoms with Crippen LogP contribution in [-0.4, -0.2) is 23.2 Å². The Morgan fingerprint density at radius 3 is 2.32 bits per heavy atom. The normalized spacial score (nSPS) is 12.2. The molecule has 1 aromatic heterocycles. The van der Waals surface area contributed by atoms with Crippen molar-refractivity contribution in [3.8, 4) is 11.5 Å². The Bertz CT molecular complexity index is 1020. The fourth-order valence-electron chi connectivity index (χ4n) is 2.39. The van der Waals surface area contributed by atoms with E-state index in [1.165, 1.54) is 13.0 Å². The third kappa shape index (κ3) is 4.64. The van der Waals surface area contributed by atoms with Gasteiger partial charge in [-0.15, -0.1) is 0 Å². The average Bonchev–Trinajstić information content (AvgIpc) is 3.03. The molecule has 2 aromatic carbocycles. The molecule has 0 aliphatic carbocycles. The molecule has 0 N–H and O–H groups in total. The van der Waals surface area contributed by atoms with Crippen molar-refractivity contribution in [3.05, 3.63) is 52.0 Å². The van der Waals surface area contributed by atoms with E-state index in [2.05, 4.69) is 4.98 Å². The lowest BCUT2D eigenvalue weighted by Gasteiger charge is -2.15. The Hall–Kier alpha value is -2.57. The zero-order valence-corrected chi connectivity index (χ0v) is 16.9. The van der Waals surface area contributed by atoms with E-state index in [9.17, 15) is 9.59 Å². The van der Waals surface area contributed by atoms with E-state index < -0.39 is 18.2 Å². The first-order valence-corrected chi connectivity index (χ1v) is 9.27. The largest absolute Gasteiger partial charge is 0.436 e. The summed E-state index contributed by atoms with van der Waals surface area (Å²) in [6.07, 6.45) is -1.00. The topological polar surface area (TPSA) is 78.6 Å². The molecule has 8 heteroatoms. The minimum atomic E-state index is -1.00. The maximum absolute atomic E-state index is 12.3. The molecule has 3 rings (SSSR count). The molecule has 3 aromatic rings. The first kappa shape index (κ1) is 20.2. The minimum Gasteiger partial charge on any atom is -0.436 e. The van der Waals surface area contributed by atoms with Crippen LogP contribution in [0.5, 0.6) is 0 Å². The molecule has 1 unspecified atom stereocenters. The highest BCUT2D eigenvalue weighted by molar-refractivity contribution is 6.35. The molecular formula is C20H17Cl2NO5. The Morgan fingerprint density at radius 2 is 1.68 bits per heavy atom. The fourth-order valence-corrected chi connectivity index (χ4v) is 2.92. The van der Waals surface area contributed by atoms with Gasteiger partial charge in [-0.25, -0.2) is 9.78 Å². The SMILES string of the molecule is CC(OC(=O)c1ccc2nc(-c3cc(Cl)cc(Cl)c3)oc2c1)OC(=O)C(C)C. The van der Waals surface area contributed by atoms with Crippen LogP contribution in [0.1, 0.15) is 31.1 Å². The van der Waals surface area contributed by atoms with Crippen molar-refractivity contribution < 1.29 is 23.5 Å². The van der Waals surface area contributed by atoms with Crippen LogP contribution < -0.4 is 0 Å². The zero-order chi connectivity index (χ0) is 20.4. The van der Waals surface area contributed by atoms with Crippen molar-refractivity contribution in [3.63, 3.8) is 0 Å². The van der Waals surface area contributed by atoms with Gasteiger partial charge in [0.1, 0.15) is 5.52 Å². The van der Waals surface area contributed by atoms with Crippen LogP contribution in [0.3, 0.4) is 0 Å². The van der Waals surface area contributed by atoms with E-state index in [1.54, 1.807) is 44.2 Å². The number of nitrogens with zero attached hydrogens (tertiary/aromatic N) is 1. The van der Waals surface area contributed by atoms with Crippen molar-refractivity contribution in [1.82, 2.24) is 4.98 Å². The van der Waals surface area contributed by atoms with Gasteiger partial charge in [0.05, 0.1) is 11.5 Å². The van der Waals surface area contributed by atoms with E-state index in [0.717, 1.165) is 0 Å². The molecule has 0 spiro atoms. The van der Waals surface area contributed by atoms with Gasteiger partial charge >= 0.3 is 11.9 Å². The number of halogens is 2. The summed E-state index contributed by atoms with van der Waals surface area (Å²) >= 11 is 12.0. The molecule has 0 saturated carbocycles. The monoisotopic (exact) mass is 421 g/mol. The van der Waals surface area contributed by atoms with Gasteiger partial charge in [-0.05, 0) is 36.4 Å². The predicted molar refractivity (Wildman–Crippen MR) is 105 cm³/mol. The lowest BCUT2D eigenvalue weighted by molar-refractivity contribution is -0.169. The molecule has 0 amide bonds. The lowest BCUT2D eigenvalue weighted by Crippen LogP contribution is -2.24. The molecule has 146 valence electrons. The summed E-state index contributed by atoms with van der Waals surface area (Å²) in [5.41, 5.74) is 1.81. The Kier molecular flexibility index (Phi) is 5.91. The van der Waals surface area contributed by atoms with Gasteiger partial charge in [-0.2, -0.15) is 0 Å². The van der Waals surface area contributed by atoms with E-state index in [0.29, 0.717) is 32.6 Å². The third-order valence-electron chi connectivity index (χ3n) is 3.76. The van der Waals surface area contributed by atoms with Crippen molar-refractivity contribution >= 4 is 46.2 Å². The first-order valence-electron chi connectivity index (χ1n) is 8.51. The van der Waals surface area contributed by atoms with Gasteiger partial charge in [-0.1, -0.05) is 37.0 Å². The van der Waals surface area contributed by atoms with E-state index >= 15 is 0 Å². The van der Waals surface area contributed by atoms with Crippen LogP contribution in [0.25, 0.3) is 22.6 Å². The molecule has 0 bridgehead atoms. The minimum absolute atomic E-state index is 0.242. The summed E-state index contributed by atoms with van der Waals surface area (Å²) in [5, 5.41) is 0.915. The number of esters is 2. The van der Waals surface area contributed by atoms with Gasteiger partial charge in [0.2, 0.25) is 12.2 Å². The molecular weight excluding hydrogens is 405 g/mol. The number of aromatic nitrogens is 1. The van der Waals surface area contributed by atoms with Crippen molar-refractivity contribution in [1.29, 1.82) is 0 Å². The first-order chi connectivity index (χ1) is 13.2. The second kappa shape index (κ2) is 8.20.